The highest BCUT2D eigenvalue weighted by atomic mass is 32.2. The van der Waals surface area contributed by atoms with Crippen LogP contribution < -0.4 is 5.32 Å². The molecule has 0 bridgehead atoms. The normalized spacial score (nSPS) is 43.5. The van der Waals surface area contributed by atoms with Crippen LogP contribution in [0.2, 0.25) is 0 Å². The molecule has 19 heavy (non-hydrogen) atoms. The molecule has 3 atom stereocenters. The van der Waals surface area contributed by atoms with Crippen molar-refractivity contribution < 1.29 is 8.42 Å². The van der Waals surface area contributed by atoms with E-state index in [1.54, 1.807) is 0 Å². The molecular weight excluding hydrogens is 260 g/mol. The lowest BCUT2D eigenvalue weighted by atomic mass is 9.87. The molecule has 3 unspecified atom stereocenters. The molecule has 1 N–H and O–H groups in total. The molecule has 4 nitrogen and oxygen atoms in total. The van der Waals surface area contributed by atoms with E-state index in [0.717, 1.165) is 32.4 Å². The summed E-state index contributed by atoms with van der Waals surface area (Å²) in [6.45, 7) is 10.7. The number of rotatable bonds is 3. The van der Waals surface area contributed by atoms with E-state index < -0.39 is 9.84 Å². The summed E-state index contributed by atoms with van der Waals surface area (Å²) in [6, 6.07) is 0.456. The molecule has 2 heterocycles. The Morgan fingerprint density at radius 1 is 1.32 bits per heavy atom. The van der Waals surface area contributed by atoms with Crippen LogP contribution in [0.5, 0.6) is 0 Å². The van der Waals surface area contributed by atoms with Crippen molar-refractivity contribution in [1.29, 1.82) is 0 Å². The molecule has 2 aliphatic heterocycles. The number of piperazine rings is 1. The van der Waals surface area contributed by atoms with E-state index >= 15 is 0 Å². The van der Waals surface area contributed by atoms with Gasteiger partial charge in [-0.3, -0.25) is 4.90 Å². The summed E-state index contributed by atoms with van der Waals surface area (Å²) in [5, 5.41) is 3.65. The van der Waals surface area contributed by atoms with Crippen LogP contribution in [0.15, 0.2) is 0 Å². The fraction of sp³-hybridized carbons (Fsp3) is 1.00. The predicted molar refractivity (Wildman–Crippen MR) is 79.2 cm³/mol. The molecule has 0 aromatic rings. The second-order valence-corrected chi connectivity index (χ2v) is 9.01. The van der Waals surface area contributed by atoms with Gasteiger partial charge in [-0.05, 0) is 33.1 Å². The van der Waals surface area contributed by atoms with Crippen LogP contribution in [0.25, 0.3) is 0 Å². The van der Waals surface area contributed by atoms with E-state index in [1.165, 1.54) is 0 Å². The zero-order valence-electron chi connectivity index (χ0n) is 12.7. The molecule has 0 radical (unpaired) electrons. The molecule has 0 spiro atoms. The van der Waals surface area contributed by atoms with Crippen LogP contribution in [0.3, 0.4) is 0 Å². The zero-order chi connectivity index (χ0) is 14.3. The second-order valence-electron chi connectivity index (χ2n) is 6.82. The average Bonchev–Trinajstić information content (AvgIpc) is 2.65. The number of nitrogens with zero attached hydrogens (tertiary/aromatic N) is 1. The minimum atomic E-state index is -2.84. The van der Waals surface area contributed by atoms with Crippen LogP contribution in [-0.2, 0) is 9.84 Å². The van der Waals surface area contributed by atoms with E-state index in [-0.39, 0.29) is 11.1 Å². The van der Waals surface area contributed by atoms with Crippen LogP contribution in [0.4, 0.5) is 0 Å². The van der Waals surface area contributed by atoms with Gasteiger partial charge in [0.1, 0.15) is 0 Å². The molecule has 2 rings (SSSR count). The van der Waals surface area contributed by atoms with E-state index in [9.17, 15) is 8.42 Å². The molecule has 0 saturated carbocycles. The lowest BCUT2D eigenvalue weighted by Gasteiger charge is -2.52. The molecular formula is C14H28N2O2S. The van der Waals surface area contributed by atoms with Crippen molar-refractivity contribution in [1.82, 2.24) is 10.2 Å². The molecule has 0 aromatic heterocycles. The molecule has 2 aliphatic rings. The SMILES string of the molecule is CCC1CNC(C)(CC)CN1C1(C)CCS(=O)(=O)C1. The first-order valence-corrected chi connectivity index (χ1v) is 9.28. The Kier molecular flexibility index (Phi) is 4.02. The quantitative estimate of drug-likeness (QED) is 0.853. The van der Waals surface area contributed by atoms with Gasteiger partial charge in [0.25, 0.3) is 0 Å². The monoisotopic (exact) mass is 288 g/mol. The van der Waals surface area contributed by atoms with Gasteiger partial charge in [-0.25, -0.2) is 8.42 Å². The third-order valence-electron chi connectivity index (χ3n) is 5.15. The van der Waals surface area contributed by atoms with Crippen molar-refractivity contribution in [2.24, 2.45) is 0 Å². The number of sulfone groups is 1. The Morgan fingerprint density at radius 2 is 2.00 bits per heavy atom. The third kappa shape index (κ3) is 2.98. The smallest absolute Gasteiger partial charge is 0.152 e. The first kappa shape index (κ1) is 15.3. The van der Waals surface area contributed by atoms with Gasteiger partial charge in [0, 0.05) is 30.2 Å². The van der Waals surface area contributed by atoms with Crippen LogP contribution in [-0.4, -0.2) is 55.0 Å². The van der Waals surface area contributed by atoms with Gasteiger partial charge in [-0.1, -0.05) is 13.8 Å². The number of hydrogen-bond acceptors (Lipinski definition) is 4. The maximum Gasteiger partial charge on any atom is 0.152 e. The highest BCUT2D eigenvalue weighted by Gasteiger charge is 2.48. The maximum atomic E-state index is 11.9. The molecule has 5 heteroatoms. The lowest BCUT2D eigenvalue weighted by Crippen LogP contribution is -2.68. The van der Waals surface area contributed by atoms with Crippen molar-refractivity contribution in [3.8, 4) is 0 Å². The fourth-order valence-electron chi connectivity index (χ4n) is 3.49. The lowest BCUT2D eigenvalue weighted by molar-refractivity contribution is 0.00536. The first-order valence-electron chi connectivity index (χ1n) is 7.46. The molecule has 0 aromatic carbocycles. The minimum Gasteiger partial charge on any atom is -0.309 e. The fourth-order valence-corrected chi connectivity index (χ4v) is 5.64. The largest absolute Gasteiger partial charge is 0.309 e. The molecule has 0 aliphatic carbocycles. The highest BCUT2D eigenvalue weighted by molar-refractivity contribution is 7.91. The van der Waals surface area contributed by atoms with Gasteiger partial charge in [0.05, 0.1) is 11.5 Å². The highest BCUT2D eigenvalue weighted by Crippen LogP contribution is 2.35. The Balaban J connectivity index is 2.24. The van der Waals surface area contributed by atoms with Crippen molar-refractivity contribution in [3.05, 3.63) is 0 Å². The zero-order valence-corrected chi connectivity index (χ0v) is 13.5. The summed E-state index contributed by atoms with van der Waals surface area (Å²) < 4.78 is 23.7. The van der Waals surface area contributed by atoms with E-state index in [1.807, 2.05) is 0 Å². The third-order valence-corrected chi connectivity index (χ3v) is 7.04. The summed E-state index contributed by atoms with van der Waals surface area (Å²) in [5.41, 5.74) is -0.0565. The van der Waals surface area contributed by atoms with Crippen molar-refractivity contribution in [2.45, 2.75) is 64.1 Å². The summed E-state index contributed by atoms with van der Waals surface area (Å²) in [5.74, 6) is 0.684. The maximum absolute atomic E-state index is 11.9. The van der Waals surface area contributed by atoms with E-state index in [4.69, 9.17) is 0 Å². The first-order chi connectivity index (χ1) is 8.74. The Morgan fingerprint density at radius 3 is 2.47 bits per heavy atom. The summed E-state index contributed by atoms with van der Waals surface area (Å²) >= 11 is 0. The van der Waals surface area contributed by atoms with Gasteiger partial charge < -0.3 is 5.32 Å². The summed E-state index contributed by atoms with van der Waals surface area (Å²) in [6.07, 6.45) is 2.93. The van der Waals surface area contributed by atoms with Crippen LogP contribution in [0.1, 0.15) is 47.0 Å². The van der Waals surface area contributed by atoms with Gasteiger partial charge in [0.2, 0.25) is 0 Å². The average molecular weight is 288 g/mol. The standard InChI is InChI=1S/C14H28N2O2S/c1-5-12-9-15-13(3,6-2)10-16(12)14(4)7-8-19(17,18)11-14/h12,15H,5-11H2,1-4H3. The molecule has 0 amide bonds. The molecule has 2 saturated heterocycles. The van der Waals surface area contributed by atoms with Crippen molar-refractivity contribution in [2.75, 3.05) is 24.6 Å². The van der Waals surface area contributed by atoms with Crippen LogP contribution >= 0.6 is 0 Å². The molecule has 112 valence electrons. The van der Waals surface area contributed by atoms with E-state index in [0.29, 0.717) is 17.5 Å². The van der Waals surface area contributed by atoms with Gasteiger partial charge >= 0.3 is 0 Å². The Hall–Kier alpha value is -0.130. The Bertz CT molecular complexity index is 437. The minimum absolute atomic E-state index is 0.112. The van der Waals surface area contributed by atoms with Gasteiger partial charge in [-0.15, -0.1) is 0 Å². The van der Waals surface area contributed by atoms with Crippen molar-refractivity contribution >= 4 is 9.84 Å². The van der Waals surface area contributed by atoms with Gasteiger partial charge in [-0.2, -0.15) is 0 Å². The second kappa shape index (κ2) is 5.01. The number of nitrogens with one attached hydrogen (secondary N) is 1. The Labute approximate surface area is 117 Å². The predicted octanol–water partition coefficient (Wildman–Crippen LogP) is 1.42. The van der Waals surface area contributed by atoms with E-state index in [2.05, 4.69) is 37.9 Å². The van der Waals surface area contributed by atoms with Crippen molar-refractivity contribution in [3.63, 3.8) is 0 Å². The topological polar surface area (TPSA) is 49.4 Å². The van der Waals surface area contributed by atoms with Crippen LogP contribution in [0, 0.1) is 0 Å². The summed E-state index contributed by atoms with van der Waals surface area (Å²) in [7, 11) is -2.84. The van der Waals surface area contributed by atoms with Gasteiger partial charge in [0.15, 0.2) is 9.84 Å². The summed E-state index contributed by atoms with van der Waals surface area (Å²) in [4.78, 5) is 2.48. The number of hydrogen-bond donors (Lipinski definition) is 1. The molecule has 2 fully saturated rings.